The molecular weight excluding hydrogens is 366 g/mol. The zero-order chi connectivity index (χ0) is 15.5. The molecule has 3 heterocycles. The van der Waals surface area contributed by atoms with Gasteiger partial charge in [0.1, 0.15) is 17.7 Å². The average Bonchev–Trinajstić information content (AvgIpc) is 2.55. The topological polar surface area (TPSA) is 56.1 Å². The maximum atomic E-state index is 8.81. The van der Waals surface area contributed by atoms with Crippen LogP contribution >= 0.6 is 27.5 Å². The van der Waals surface area contributed by atoms with Gasteiger partial charge < -0.3 is 9.80 Å². The van der Waals surface area contributed by atoms with Gasteiger partial charge in [0.25, 0.3) is 0 Å². The zero-order valence-corrected chi connectivity index (χ0v) is 14.0. The van der Waals surface area contributed by atoms with Crippen LogP contribution in [0.25, 0.3) is 0 Å². The molecule has 2 aromatic heterocycles. The molecule has 1 aliphatic rings. The first-order chi connectivity index (χ1) is 10.7. The van der Waals surface area contributed by atoms with Crippen molar-refractivity contribution in [3.63, 3.8) is 0 Å². The predicted octanol–water partition coefficient (Wildman–Crippen LogP) is 3.09. The molecule has 2 aromatic rings. The molecule has 5 nitrogen and oxygen atoms in total. The summed E-state index contributed by atoms with van der Waals surface area (Å²) in [5, 5.41) is 9.44. The van der Waals surface area contributed by atoms with E-state index < -0.39 is 0 Å². The molecule has 7 heteroatoms. The minimum Gasteiger partial charge on any atom is -0.353 e. The zero-order valence-electron chi connectivity index (χ0n) is 11.7. The molecule has 0 atom stereocenters. The molecule has 0 spiro atoms. The molecule has 1 aliphatic heterocycles. The van der Waals surface area contributed by atoms with Gasteiger partial charge in [0.15, 0.2) is 0 Å². The normalized spacial score (nSPS) is 14.8. The van der Waals surface area contributed by atoms with Crippen LogP contribution in [0.4, 0.5) is 11.6 Å². The highest BCUT2D eigenvalue weighted by Crippen LogP contribution is 2.27. The fourth-order valence-corrected chi connectivity index (χ4v) is 3.32. The lowest BCUT2D eigenvalue weighted by Gasteiger charge is -2.36. The molecule has 0 unspecified atom stereocenters. The largest absolute Gasteiger partial charge is 0.353 e. The van der Waals surface area contributed by atoms with Gasteiger partial charge in [-0.2, -0.15) is 5.26 Å². The number of anilines is 2. The number of rotatable bonds is 2. The van der Waals surface area contributed by atoms with Crippen LogP contribution in [0.5, 0.6) is 0 Å². The van der Waals surface area contributed by atoms with Gasteiger partial charge in [0, 0.05) is 38.6 Å². The number of hydrogen-bond acceptors (Lipinski definition) is 5. The van der Waals surface area contributed by atoms with Gasteiger partial charge in [0.2, 0.25) is 0 Å². The molecule has 1 saturated heterocycles. The molecule has 0 radical (unpaired) electrons. The number of piperazine rings is 1. The fourth-order valence-electron chi connectivity index (χ4n) is 2.43. The molecule has 3 rings (SSSR count). The predicted molar refractivity (Wildman–Crippen MR) is 90.3 cm³/mol. The Morgan fingerprint density at radius 3 is 2.41 bits per heavy atom. The summed E-state index contributed by atoms with van der Waals surface area (Å²) in [7, 11) is 0. The first-order valence-corrected chi connectivity index (χ1v) is 8.01. The number of aromatic nitrogens is 2. The second kappa shape index (κ2) is 6.51. The van der Waals surface area contributed by atoms with Crippen LogP contribution in [-0.4, -0.2) is 36.1 Å². The number of nitrogens with zero attached hydrogens (tertiary/aromatic N) is 5. The standard InChI is InChI=1S/C15H13BrClN5/c16-13-7-12(17)10-20-15(13)22-5-3-21(4-6-22)14-2-1-11(8-18)9-19-14/h1-2,7,9-10H,3-6H2. The van der Waals surface area contributed by atoms with E-state index in [2.05, 4.69) is 41.8 Å². The molecule has 22 heavy (non-hydrogen) atoms. The average molecular weight is 379 g/mol. The molecule has 0 saturated carbocycles. The van der Waals surface area contributed by atoms with Crippen molar-refractivity contribution < 1.29 is 0 Å². The van der Waals surface area contributed by atoms with E-state index in [0.717, 1.165) is 42.3 Å². The smallest absolute Gasteiger partial charge is 0.143 e. The monoisotopic (exact) mass is 377 g/mol. The van der Waals surface area contributed by atoms with E-state index in [1.54, 1.807) is 18.5 Å². The summed E-state index contributed by atoms with van der Waals surface area (Å²) in [5.74, 6) is 1.82. The summed E-state index contributed by atoms with van der Waals surface area (Å²) >= 11 is 9.45. The van der Waals surface area contributed by atoms with E-state index in [-0.39, 0.29) is 0 Å². The van der Waals surface area contributed by atoms with Gasteiger partial charge in [-0.1, -0.05) is 11.6 Å². The molecule has 0 N–H and O–H groups in total. The maximum absolute atomic E-state index is 8.81. The van der Waals surface area contributed by atoms with Gasteiger partial charge in [-0.3, -0.25) is 0 Å². The van der Waals surface area contributed by atoms with Crippen molar-refractivity contribution >= 4 is 39.2 Å². The molecule has 1 fully saturated rings. The van der Waals surface area contributed by atoms with E-state index in [1.807, 2.05) is 12.1 Å². The minimum atomic E-state index is 0.580. The van der Waals surface area contributed by atoms with E-state index in [9.17, 15) is 0 Å². The molecular formula is C15H13BrClN5. The lowest BCUT2D eigenvalue weighted by atomic mass is 10.2. The SMILES string of the molecule is N#Cc1ccc(N2CCN(c3ncc(Cl)cc3Br)CC2)nc1. The third-order valence-corrected chi connectivity index (χ3v) is 4.36. The van der Waals surface area contributed by atoms with Crippen LogP contribution in [0.3, 0.4) is 0 Å². The Morgan fingerprint density at radius 1 is 1.09 bits per heavy atom. The van der Waals surface area contributed by atoms with Crippen molar-refractivity contribution in [2.75, 3.05) is 36.0 Å². The lowest BCUT2D eigenvalue weighted by molar-refractivity contribution is 0.641. The molecule has 0 aromatic carbocycles. The van der Waals surface area contributed by atoms with Crippen molar-refractivity contribution in [3.8, 4) is 6.07 Å². The van der Waals surface area contributed by atoms with Gasteiger partial charge in [-0.25, -0.2) is 9.97 Å². The Kier molecular flexibility index (Phi) is 4.46. The van der Waals surface area contributed by atoms with Crippen molar-refractivity contribution in [2.45, 2.75) is 0 Å². The van der Waals surface area contributed by atoms with Crippen LogP contribution in [-0.2, 0) is 0 Å². The minimum absolute atomic E-state index is 0.580. The van der Waals surface area contributed by atoms with E-state index in [1.165, 1.54) is 0 Å². The van der Waals surface area contributed by atoms with E-state index in [0.29, 0.717) is 10.6 Å². The Morgan fingerprint density at radius 2 is 1.82 bits per heavy atom. The summed E-state index contributed by atoms with van der Waals surface area (Å²) in [6.07, 6.45) is 3.27. The number of hydrogen-bond donors (Lipinski definition) is 0. The quantitative estimate of drug-likeness (QED) is 0.804. The summed E-state index contributed by atoms with van der Waals surface area (Å²) in [6, 6.07) is 7.63. The second-order valence-corrected chi connectivity index (χ2v) is 6.24. The van der Waals surface area contributed by atoms with Crippen LogP contribution in [0.15, 0.2) is 35.1 Å². The number of nitriles is 1. The summed E-state index contributed by atoms with van der Waals surface area (Å²) in [4.78, 5) is 13.2. The number of pyridine rings is 2. The van der Waals surface area contributed by atoms with Crippen molar-refractivity contribution in [1.82, 2.24) is 9.97 Å². The van der Waals surface area contributed by atoms with Gasteiger partial charge in [-0.05, 0) is 34.1 Å². The Bertz CT molecular complexity index is 705. The van der Waals surface area contributed by atoms with Crippen LogP contribution in [0, 0.1) is 11.3 Å². The van der Waals surface area contributed by atoms with Crippen LogP contribution in [0.1, 0.15) is 5.56 Å². The highest BCUT2D eigenvalue weighted by molar-refractivity contribution is 9.10. The summed E-state index contributed by atoms with van der Waals surface area (Å²) in [6.45, 7) is 3.43. The van der Waals surface area contributed by atoms with Crippen molar-refractivity contribution in [3.05, 3.63) is 45.7 Å². The molecule has 0 bridgehead atoms. The Labute approximate surface area is 142 Å². The van der Waals surface area contributed by atoms with Gasteiger partial charge in [0.05, 0.1) is 15.1 Å². The summed E-state index contributed by atoms with van der Waals surface area (Å²) in [5.41, 5.74) is 0.580. The second-order valence-electron chi connectivity index (χ2n) is 4.95. The van der Waals surface area contributed by atoms with E-state index in [4.69, 9.17) is 16.9 Å². The van der Waals surface area contributed by atoms with Gasteiger partial charge in [-0.15, -0.1) is 0 Å². The summed E-state index contributed by atoms with van der Waals surface area (Å²) < 4.78 is 0.907. The van der Waals surface area contributed by atoms with Crippen molar-refractivity contribution in [2.24, 2.45) is 0 Å². The van der Waals surface area contributed by atoms with E-state index >= 15 is 0 Å². The highest BCUT2D eigenvalue weighted by Gasteiger charge is 2.20. The fraction of sp³-hybridized carbons (Fsp3) is 0.267. The first-order valence-electron chi connectivity index (χ1n) is 6.84. The van der Waals surface area contributed by atoms with Crippen LogP contribution in [0.2, 0.25) is 5.02 Å². The Balaban J connectivity index is 1.68. The lowest BCUT2D eigenvalue weighted by Crippen LogP contribution is -2.47. The first kappa shape index (κ1) is 15.1. The van der Waals surface area contributed by atoms with Crippen LogP contribution < -0.4 is 9.80 Å². The van der Waals surface area contributed by atoms with Crippen molar-refractivity contribution in [1.29, 1.82) is 5.26 Å². The molecule has 0 aliphatic carbocycles. The third kappa shape index (κ3) is 3.16. The molecule has 0 amide bonds. The van der Waals surface area contributed by atoms with Gasteiger partial charge >= 0.3 is 0 Å². The number of halogens is 2. The molecule has 112 valence electrons. The highest BCUT2D eigenvalue weighted by atomic mass is 79.9. The third-order valence-electron chi connectivity index (χ3n) is 3.57. The maximum Gasteiger partial charge on any atom is 0.143 e. The Hall–Kier alpha value is -1.84.